The molecule has 3 N–H and O–H groups in total. The summed E-state index contributed by atoms with van der Waals surface area (Å²) in [7, 11) is -3.54. The summed E-state index contributed by atoms with van der Waals surface area (Å²) < 4.78 is 27.8. The standard InChI is InChI=1S/C14H24N2O2S/c1-8(2)12(6)16-19(17,18)14-10(4)9(3)7-13(15)11(14)5/h7-8,12,16H,15H2,1-6H3. The molecule has 0 saturated carbocycles. The van der Waals surface area contributed by atoms with Crippen LogP contribution in [-0.4, -0.2) is 14.5 Å². The molecule has 0 saturated heterocycles. The van der Waals surface area contributed by atoms with Crippen LogP contribution in [0.3, 0.4) is 0 Å². The van der Waals surface area contributed by atoms with Crippen molar-refractivity contribution in [2.75, 3.05) is 5.73 Å². The van der Waals surface area contributed by atoms with Gasteiger partial charge in [0, 0.05) is 11.7 Å². The van der Waals surface area contributed by atoms with Crippen LogP contribution in [0.4, 0.5) is 5.69 Å². The van der Waals surface area contributed by atoms with Crippen molar-refractivity contribution < 1.29 is 8.42 Å². The van der Waals surface area contributed by atoms with E-state index in [1.54, 1.807) is 6.92 Å². The highest BCUT2D eigenvalue weighted by Gasteiger charge is 2.24. The lowest BCUT2D eigenvalue weighted by Gasteiger charge is -2.21. The molecule has 1 aromatic carbocycles. The minimum Gasteiger partial charge on any atom is -0.398 e. The van der Waals surface area contributed by atoms with E-state index in [0.717, 1.165) is 11.1 Å². The number of nitrogens with two attached hydrogens (primary N) is 1. The fourth-order valence-electron chi connectivity index (χ4n) is 1.88. The molecule has 0 aliphatic heterocycles. The van der Waals surface area contributed by atoms with Gasteiger partial charge in [-0.05, 0) is 56.4 Å². The largest absolute Gasteiger partial charge is 0.398 e. The molecule has 0 amide bonds. The molecule has 4 nitrogen and oxygen atoms in total. The first kappa shape index (κ1) is 16.0. The third-order valence-electron chi connectivity index (χ3n) is 3.69. The molecule has 1 atom stereocenters. The zero-order valence-corrected chi connectivity index (χ0v) is 13.4. The molecule has 19 heavy (non-hydrogen) atoms. The molecule has 0 aliphatic carbocycles. The summed E-state index contributed by atoms with van der Waals surface area (Å²) in [5, 5.41) is 0. The van der Waals surface area contributed by atoms with Gasteiger partial charge in [-0.1, -0.05) is 13.8 Å². The minimum atomic E-state index is -3.54. The molecule has 1 unspecified atom stereocenters. The topological polar surface area (TPSA) is 72.2 Å². The van der Waals surface area contributed by atoms with Crippen LogP contribution in [0.15, 0.2) is 11.0 Å². The van der Waals surface area contributed by atoms with Crippen LogP contribution in [0.1, 0.15) is 37.5 Å². The maximum absolute atomic E-state index is 12.5. The van der Waals surface area contributed by atoms with Crippen LogP contribution in [0.2, 0.25) is 0 Å². The molecule has 0 fully saturated rings. The van der Waals surface area contributed by atoms with E-state index in [1.807, 2.05) is 40.7 Å². The highest BCUT2D eigenvalue weighted by Crippen LogP contribution is 2.28. The van der Waals surface area contributed by atoms with Crippen LogP contribution in [-0.2, 0) is 10.0 Å². The van der Waals surface area contributed by atoms with Gasteiger partial charge >= 0.3 is 0 Å². The Hall–Kier alpha value is -1.07. The lowest BCUT2D eigenvalue weighted by Crippen LogP contribution is -2.36. The van der Waals surface area contributed by atoms with Crippen molar-refractivity contribution in [2.45, 2.75) is 52.5 Å². The number of hydrogen-bond donors (Lipinski definition) is 2. The van der Waals surface area contributed by atoms with E-state index in [9.17, 15) is 8.42 Å². The third kappa shape index (κ3) is 3.28. The maximum atomic E-state index is 12.5. The summed E-state index contributed by atoms with van der Waals surface area (Å²) >= 11 is 0. The Morgan fingerprint density at radius 2 is 1.63 bits per heavy atom. The summed E-state index contributed by atoms with van der Waals surface area (Å²) in [5.74, 6) is 0.234. The van der Waals surface area contributed by atoms with Gasteiger partial charge in [0.05, 0.1) is 4.90 Å². The summed E-state index contributed by atoms with van der Waals surface area (Å²) in [6, 6.07) is 1.70. The predicted octanol–water partition coefficient (Wildman–Crippen LogP) is 2.52. The van der Waals surface area contributed by atoms with E-state index in [4.69, 9.17) is 5.73 Å². The van der Waals surface area contributed by atoms with Crippen molar-refractivity contribution in [3.8, 4) is 0 Å². The van der Waals surface area contributed by atoms with Gasteiger partial charge in [-0.15, -0.1) is 0 Å². The zero-order chi connectivity index (χ0) is 15.0. The molecule has 0 bridgehead atoms. The average molecular weight is 284 g/mol. The molecule has 1 rings (SSSR count). The van der Waals surface area contributed by atoms with E-state index in [0.29, 0.717) is 16.1 Å². The normalized spacial score (nSPS) is 13.8. The maximum Gasteiger partial charge on any atom is 0.241 e. The third-order valence-corrected chi connectivity index (χ3v) is 5.52. The Morgan fingerprint density at radius 3 is 2.11 bits per heavy atom. The summed E-state index contributed by atoms with van der Waals surface area (Å²) in [4.78, 5) is 0.317. The van der Waals surface area contributed by atoms with Crippen molar-refractivity contribution in [3.63, 3.8) is 0 Å². The molecular formula is C14H24N2O2S. The SMILES string of the molecule is Cc1cc(N)c(C)c(S(=O)(=O)NC(C)C(C)C)c1C. The second-order valence-electron chi connectivity index (χ2n) is 5.52. The smallest absolute Gasteiger partial charge is 0.241 e. The highest BCUT2D eigenvalue weighted by atomic mass is 32.2. The Kier molecular flexibility index (Phi) is 4.63. The van der Waals surface area contributed by atoms with Crippen molar-refractivity contribution in [1.82, 2.24) is 4.72 Å². The monoisotopic (exact) mass is 284 g/mol. The molecular weight excluding hydrogens is 260 g/mol. The zero-order valence-electron chi connectivity index (χ0n) is 12.5. The van der Waals surface area contributed by atoms with E-state index in [-0.39, 0.29) is 12.0 Å². The van der Waals surface area contributed by atoms with Crippen LogP contribution >= 0.6 is 0 Å². The van der Waals surface area contributed by atoms with Crippen molar-refractivity contribution >= 4 is 15.7 Å². The number of rotatable bonds is 4. The van der Waals surface area contributed by atoms with Gasteiger partial charge in [-0.25, -0.2) is 13.1 Å². The molecule has 1 aromatic rings. The number of aryl methyl sites for hydroxylation is 1. The van der Waals surface area contributed by atoms with Crippen molar-refractivity contribution in [1.29, 1.82) is 0 Å². The summed E-state index contributed by atoms with van der Waals surface area (Å²) in [6.07, 6.45) is 0. The number of nitrogens with one attached hydrogen (secondary N) is 1. The van der Waals surface area contributed by atoms with Crippen LogP contribution in [0, 0.1) is 26.7 Å². The molecule has 108 valence electrons. The first-order valence-electron chi connectivity index (χ1n) is 6.46. The van der Waals surface area contributed by atoms with Crippen LogP contribution in [0.5, 0.6) is 0 Å². The van der Waals surface area contributed by atoms with Crippen molar-refractivity contribution in [2.24, 2.45) is 5.92 Å². The highest BCUT2D eigenvalue weighted by molar-refractivity contribution is 7.89. The second kappa shape index (κ2) is 5.51. The van der Waals surface area contributed by atoms with Gasteiger partial charge in [0.25, 0.3) is 0 Å². The number of nitrogen functional groups attached to an aromatic ring is 1. The Bertz CT molecular complexity index is 551. The first-order chi connectivity index (χ1) is 8.58. The van der Waals surface area contributed by atoms with Crippen LogP contribution in [0.25, 0.3) is 0 Å². The summed E-state index contributed by atoms with van der Waals surface area (Å²) in [5.41, 5.74) is 8.67. The Balaban J connectivity index is 3.37. The number of hydrogen-bond acceptors (Lipinski definition) is 3. The minimum absolute atomic E-state index is 0.120. The van der Waals surface area contributed by atoms with Gasteiger partial charge in [-0.2, -0.15) is 0 Å². The van der Waals surface area contributed by atoms with Crippen LogP contribution < -0.4 is 10.5 Å². The summed E-state index contributed by atoms with van der Waals surface area (Å²) in [6.45, 7) is 11.3. The van der Waals surface area contributed by atoms with Gasteiger partial charge < -0.3 is 5.73 Å². The molecule has 0 heterocycles. The molecule has 0 spiro atoms. The average Bonchev–Trinajstić information content (AvgIpc) is 2.25. The van der Waals surface area contributed by atoms with E-state index in [2.05, 4.69) is 4.72 Å². The fourth-order valence-corrected chi connectivity index (χ4v) is 3.85. The van der Waals surface area contributed by atoms with Gasteiger partial charge in [0.2, 0.25) is 10.0 Å². The van der Waals surface area contributed by atoms with Crippen molar-refractivity contribution in [3.05, 3.63) is 22.8 Å². The van der Waals surface area contributed by atoms with Gasteiger partial charge in [0.1, 0.15) is 0 Å². The second-order valence-corrected chi connectivity index (χ2v) is 7.17. The number of benzene rings is 1. The Morgan fingerprint density at radius 1 is 1.11 bits per heavy atom. The van der Waals surface area contributed by atoms with Gasteiger partial charge in [-0.3, -0.25) is 0 Å². The van der Waals surface area contributed by atoms with E-state index in [1.165, 1.54) is 0 Å². The lowest BCUT2D eigenvalue weighted by molar-refractivity contribution is 0.476. The molecule has 0 aromatic heterocycles. The van der Waals surface area contributed by atoms with E-state index < -0.39 is 10.0 Å². The number of sulfonamides is 1. The first-order valence-corrected chi connectivity index (χ1v) is 7.94. The quantitative estimate of drug-likeness (QED) is 0.834. The van der Waals surface area contributed by atoms with E-state index >= 15 is 0 Å². The molecule has 0 aliphatic rings. The lowest BCUT2D eigenvalue weighted by atomic mass is 10.1. The van der Waals surface area contributed by atoms with Gasteiger partial charge in [0.15, 0.2) is 0 Å². The number of anilines is 1. The molecule has 5 heteroatoms. The fraction of sp³-hybridized carbons (Fsp3) is 0.571. The molecule has 0 radical (unpaired) electrons. The predicted molar refractivity (Wildman–Crippen MR) is 79.7 cm³/mol. The Labute approximate surface area is 116 Å².